The molecule has 2 heterocycles. The molecule has 2 aromatic carbocycles. The van der Waals surface area contributed by atoms with Crippen LogP contribution in [0.5, 0.6) is 0 Å². The molecule has 9 heteroatoms. The third-order valence-corrected chi connectivity index (χ3v) is 6.44. The summed E-state index contributed by atoms with van der Waals surface area (Å²) in [5.74, 6) is 0.327. The van der Waals surface area contributed by atoms with Gasteiger partial charge < -0.3 is 9.80 Å². The Bertz CT molecular complexity index is 1220. The van der Waals surface area contributed by atoms with E-state index in [0.717, 1.165) is 35.0 Å². The van der Waals surface area contributed by atoms with Crippen LogP contribution in [0.3, 0.4) is 0 Å². The SMILES string of the molecule is CCN(CC)c1ccc(CN(C(=O)c2csc(Cc3ccccc3)n2)c2ccc(F)cc2)cn1.Cl.Cl. The topological polar surface area (TPSA) is 49.3 Å². The van der Waals surface area contributed by atoms with E-state index in [1.165, 1.54) is 23.5 Å². The van der Waals surface area contributed by atoms with Gasteiger partial charge >= 0.3 is 0 Å². The normalized spacial score (nSPS) is 10.2. The van der Waals surface area contributed by atoms with Crippen molar-refractivity contribution in [3.05, 3.63) is 106 Å². The van der Waals surface area contributed by atoms with Crippen molar-refractivity contribution in [3.63, 3.8) is 0 Å². The lowest BCUT2D eigenvalue weighted by Crippen LogP contribution is -2.31. The molecule has 0 aliphatic carbocycles. The summed E-state index contributed by atoms with van der Waals surface area (Å²) in [6, 6.07) is 19.9. The zero-order valence-corrected chi connectivity index (χ0v) is 22.6. The van der Waals surface area contributed by atoms with E-state index in [1.54, 1.807) is 28.6 Å². The van der Waals surface area contributed by atoms with Gasteiger partial charge in [0.25, 0.3) is 5.91 Å². The van der Waals surface area contributed by atoms with E-state index in [2.05, 4.69) is 28.7 Å². The Morgan fingerprint density at radius 1 is 0.917 bits per heavy atom. The molecule has 0 saturated heterocycles. The number of benzene rings is 2. The van der Waals surface area contributed by atoms with Crippen LogP contribution in [0.4, 0.5) is 15.9 Å². The maximum atomic E-state index is 13.6. The molecule has 4 rings (SSSR count). The molecular weight excluding hydrogens is 518 g/mol. The van der Waals surface area contributed by atoms with Crippen LogP contribution in [0, 0.1) is 5.82 Å². The van der Waals surface area contributed by atoms with Gasteiger partial charge in [-0.25, -0.2) is 14.4 Å². The molecule has 0 unspecified atom stereocenters. The Morgan fingerprint density at radius 2 is 1.61 bits per heavy atom. The number of hydrogen-bond donors (Lipinski definition) is 0. The number of nitrogens with zero attached hydrogens (tertiary/aromatic N) is 4. The Balaban J connectivity index is 0.00000228. The number of anilines is 2. The third-order valence-electron chi connectivity index (χ3n) is 5.59. The van der Waals surface area contributed by atoms with Crippen LogP contribution in [0.2, 0.25) is 0 Å². The summed E-state index contributed by atoms with van der Waals surface area (Å²) in [5, 5.41) is 2.66. The first-order chi connectivity index (χ1) is 16.6. The third kappa shape index (κ3) is 7.26. The van der Waals surface area contributed by atoms with E-state index in [1.807, 2.05) is 42.5 Å². The molecule has 2 aromatic heterocycles. The highest BCUT2D eigenvalue weighted by Gasteiger charge is 2.21. The first-order valence-corrected chi connectivity index (χ1v) is 12.2. The molecule has 0 radical (unpaired) electrons. The van der Waals surface area contributed by atoms with Crippen LogP contribution in [0.1, 0.15) is 40.5 Å². The van der Waals surface area contributed by atoms with Gasteiger partial charge in [0.2, 0.25) is 0 Å². The zero-order chi connectivity index (χ0) is 23.9. The summed E-state index contributed by atoms with van der Waals surface area (Å²) in [6.07, 6.45) is 2.46. The van der Waals surface area contributed by atoms with Crippen LogP contribution in [0.15, 0.2) is 78.3 Å². The first-order valence-electron chi connectivity index (χ1n) is 11.3. The van der Waals surface area contributed by atoms with E-state index in [9.17, 15) is 9.18 Å². The fourth-order valence-corrected chi connectivity index (χ4v) is 4.53. The van der Waals surface area contributed by atoms with Crippen molar-refractivity contribution in [1.29, 1.82) is 0 Å². The van der Waals surface area contributed by atoms with Gasteiger partial charge in [-0.1, -0.05) is 36.4 Å². The second-order valence-electron chi connectivity index (χ2n) is 7.85. The van der Waals surface area contributed by atoms with Crippen molar-refractivity contribution < 1.29 is 9.18 Å². The Labute approximate surface area is 227 Å². The Kier molecular flexibility index (Phi) is 11.3. The average molecular weight is 548 g/mol. The van der Waals surface area contributed by atoms with Crippen molar-refractivity contribution in [2.24, 2.45) is 0 Å². The second-order valence-corrected chi connectivity index (χ2v) is 8.80. The summed E-state index contributed by atoms with van der Waals surface area (Å²) in [7, 11) is 0. The second kappa shape index (κ2) is 13.9. The lowest BCUT2D eigenvalue weighted by Gasteiger charge is -2.23. The van der Waals surface area contributed by atoms with Crippen molar-refractivity contribution in [1.82, 2.24) is 9.97 Å². The van der Waals surface area contributed by atoms with Crippen LogP contribution in [-0.2, 0) is 13.0 Å². The first kappa shape index (κ1) is 29.2. The van der Waals surface area contributed by atoms with Crippen LogP contribution < -0.4 is 9.80 Å². The number of carbonyl (C=O) groups is 1. The number of amides is 1. The van der Waals surface area contributed by atoms with E-state index in [-0.39, 0.29) is 36.5 Å². The molecule has 190 valence electrons. The molecule has 0 fully saturated rings. The number of halogens is 3. The maximum Gasteiger partial charge on any atom is 0.278 e. The molecule has 36 heavy (non-hydrogen) atoms. The van der Waals surface area contributed by atoms with Gasteiger partial charge in [0, 0.05) is 36.8 Å². The highest BCUT2D eigenvalue weighted by Crippen LogP contribution is 2.23. The van der Waals surface area contributed by atoms with E-state index in [0.29, 0.717) is 24.3 Å². The molecular formula is C27H29Cl2FN4OS. The van der Waals surface area contributed by atoms with Gasteiger partial charge in [0.05, 0.1) is 11.6 Å². The summed E-state index contributed by atoms with van der Waals surface area (Å²) in [5.41, 5.74) is 3.02. The summed E-state index contributed by atoms with van der Waals surface area (Å²) >= 11 is 1.47. The minimum atomic E-state index is -0.347. The van der Waals surface area contributed by atoms with E-state index >= 15 is 0 Å². The lowest BCUT2D eigenvalue weighted by atomic mass is 10.2. The number of carbonyl (C=O) groups excluding carboxylic acids is 1. The van der Waals surface area contributed by atoms with Gasteiger partial charge in [-0.05, 0) is 55.3 Å². The fraction of sp³-hybridized carbons (Fsp3) is 0.222. The maximum absolute atomic E-state index is 13.6. The highest BCUT2D eigenvalue weighted by molar-refractivity contribution is 7.09. The van der Waals surface area contributed by atoms with E-state index in [4.69, 9.17) is 0 Å². The molecule has 0 atom stereocenters. The van der Waals surface area contributed by atoms with E-state index < -0.39 is 0 Å². The monoisotopic (exact) mass is 546 g/mol. The van der Waals surface area contributed by atoms with Gasteiger partial charge in [0.15, 0.2) is 0 Å². The molecule has 1 amide bonds. The lowest BCUT2D eigenvalue weighted by molar-refractivity contribution is 0.0981. The number of rotatable bonds is 9. The van der Waals surface area contributed by atoms with Gasteiger partial charge in [-0.2, -0.15) is 0 Å². The summed E-state index contributed by atoms with van der Waals surface area (Å²) in [4.78, 5) is 26.5. The quantitative estimate of drug-likeness (QED) is 0.231. The smallest absolute Gasteiger partial charge is 0.278 e. The molecule has 0 N–H and O–H groups in total. The molecule has 0 aliphatic heterocycles. The number of aromatic nitrogens is 2. The molecule has 4 aromatic rings. The van der Waals surface area contributed by atoms with Gasteiger partial charge in [-0.15, -0.1) is 36.2 Å². The largest absolute Gasteiger partial charge is 0.357 e. The van der Waals surface area contributed by atoms with Crippen LogP contribution >= 0.6 is 36.2 Å². The van der Waals surface area contributed by atoms with Crippen molar-refractivity contribution in [2.75, 3.05) is 22.9 Å². The molecule has 0 saturated carbocycles. The van der Waals surface area contributed by atoms with Gasteiger partial charge in [0.1, 0.15) is 17.3 Å². The average Bonchev–Trinajstić information content (AvgIpc) is 3.33. The molecule has 0 aliphatic rings. The predicted molar refractivity (Wildman–Crippen MR) is 151 cm³/mol. The standard InChI is InChI=1S/C27H27FN4OS.2ClH/c1-3-31(4-2)25-15-10-21(17-29-25)18-32(23-13-11-22(28)12-14-23)27(33)24-19-34-26(30-24)16-20-8-6-5-7-9-20;;/h5-15,17,19H,3-4,16,18H2,1-2H3;2*1H. The fourth-order valence-electron chi connectivity index (χ4n) is 3.73. The minimum absolute atomic E-state index is 0. The van der Waals surface area contributed by atoms with Crippen LogP contribution in [0.25, 0.3) is 0 Å². The minimum Gasteiger partial charge on any atom is -0.357 e. The molecule has 0 spiro atoms. The Morgan fingerprint density at radius 3 is 2.22 bits per heavy atom. The highest BCUT2D eigenvalue weighted by atomic mass is 35.5. The van der Waals surface area contributed by atoms with Crippen molar-refractivity contribution in [3.8, 4) is 0 Å². The molecule has 0 bridgehead atoms. The summed E-state index contributed by atoms with van der Waals surface area (Å²) < 4.78 is 13.6. The molecule has 5 nitrogen and oxygen atoms in total. The van der Waals surface area contributed by atoms with Crippen molar-refractivity contribution >= 4 is 53.6 Å². The summed E-state index contributed by atoms with van der Waals surface area (Å²) in [6.45, 7) is 6.24. The predicted octanol–water partition coefficient (Wildman–Crippen LogP) is 6.80. The number of pyridine rings is 1. The zero-order valence-electron chi connectivity index (χ0n) is 20.1. The van der Waals surface area contributed by atoms with Crippen molar-refractivity contribution in [2.45, 2.75) is 26.8 Å². The number of thiazole rings is 1. The Hall–Kier alpha value is -3.00. The van der Waals surface area contributed by atoms with Gasteiger partial charge in [-0.3, -0.25) is 4.79 Å². The van der Waals surface area contributed by atoms with Crippen LogP contribution in [-0.4, -0.2) is 29.0 Å². The number of hydrogen-bond acceptors (Lipinski definition) is 5.